The molecule has 2 aromatic heterocycles. The normalized spacial score (nSPS) is 13.3. The number of alkyl halides is 1. The van der Waals surface area contributed by atoms with Gasteiger partial charge in [-0.3, -0.25) is 9.78 Å². The predicted molar refractivity (Wildman–Crippen MR) is 104 cm³/mol. The average Bonchev–Trinajstić information content (AvgIpc) is 3.31. The van der Waals surface area contributed by atoms with Gasteiger partial charge in [0.1, 0.15) is 11.6 Å². The first-order valence-electron chi connectivity index (χ1n) is 9.29. The van der Waals surface area contributed by atoms with E-state index in [-0.39, 0.29) is 24.6 Å². The van der Waals surface area contributed by atoms with Crippen LogP contribution < -0.4 is 0 Å². The Bertz CT molecular complexity index is 1280. The molecule has 5 nitrogen and oxygen atoms in total. The molecule has 1 amide bonds. The second kappa shape index (κ2) is 6.98. The number of carbonyl (C=O) groups is 1. The first kappa shape index (κ1) is 18.4. The van der Waals surface area contributed by atoms with Gasteiger partial charge in [0.05, 0.1) is 29.9 Å². The van der Waals surface area contributed by atoms with Crippen LogP contribution in [0.2, 0.25) is 0 Å². The van der Waals surface area contributed by atoms with E-state index in [1.807, 2.05) is 0 Å². The monoisotopic (exact) mass is 408 g/mol. The van der Waals surface area contributed by atoms with Gasteiger partial charge < -0.3 is 4.90 Å². The second-order valence-electron chi connectivity index (χ2n) is 7.10. The van der Waals surface area contributed by atoms with Gasteiger partial charge >= 0.3 is 0 Å². The fourth-order valence-corrected chi connectivity index (χ4v) is 3.81. The second-order valence-corrected chi connectivity index (χ2v) is 7.10. The topological polar surface area (TPSA) is 51.0 Å². The molecule has 1 aliphatic heterocycles. The summed E-state index contributed by atoms with van der Waals surface area (Å²) in [5.74, 6) is -1.81. The minimum Gasteiger partial charge on any atom is -0.328 e. The summed E-state index contributed by atoms with van der Waals surface area (Å²) in [6, 6.07) is 10.9. The number of hydrogen-bond acceptors (Lipinski definition) is 3. The third-order valence-corrected chi connectivity index (χ3v) is 5.27. The molecule has 30 heavy (non-hydrogen) atoms. The Hall–Kier alpha value is -3.68. The molecule has 0 atom stereocenters. The SMILES string of the molecule is O=C1c2cccnc2CN1Cc1c(F)cc(-c2cccc3nn(CF)cc23)cc1F. The summed E-state index contributed by atoms with van der Waals surface area (Å²) in [6.45, 7) is -0.786. The largest absolute Gasteiger partial charge is 0.328 e. The molecule has 2 aromatic carbocycles. The van der Waals surface area contributed by atoms with Crippen LogP contribution in [0, 0.1) is 11.6 Å². The molecule has 4 aromatic rings. The summed E-state index contributed by atoms with van der Waals surface area (Å²) in [4.78, 5) is 18.0. The quantitative estimate of drug-likeness (QED) is 0.501. The Morgan fingerprint density at radius 2 is 1.80 bits per heavy atom. The molecule has 0 aliphatic carbocycles. The van der Waals surface area contributed by atoms with Crippen LogP contribution in [0.3, 0.4) is 0 Å². The average molecular weight is 408 g/mol. The number of carbonyl (C=O) groups excluding carboxylic acids is 1. The number of fused-ring (bicyclic) bond motifs is 2. The molecule has 1 aliphatic rings. The minimum atomic E-state index is -0.795. The highest BCUT2D eigenvalue weighted by molar-refractivity contribution is 5.97. The van der Waals surface area contributed by atoms with Crippen LogP contribution in [-0.2, 0) is 19.9 Å². The number of nitrogens with zero attached hydrogens (tertiary/aromatic N) is 4. The lowest BCUT2D eigenvalue weighted by Crippen LogP contribution is -2.24. The lowest BCUT2D eigenvalue weighted by molar-refractivity contribution is 0.0763. The number of benzene rings is 2. The number of hydrogen-bond donors (Lipinski definition) is 0. The van der Waals surface area contributed by atoms with Gasteiger partial charge in [0, 0.05) is 23.3 Å². The predicted octanol–water partition coefficient (Wildman–Crippen LogP) is 4.46. The van der Waals surface area contributed by atoms with Crippen molar-refractivity contribution in [3.8, 4) is 11.1 Å². The lowest BCUT2D eigenvalue weighted by Gasteiger charge is -2.17. The van der Waals surface area contributed by atoms with Gasteiger partial charge in [-0.05, 0) is 41.5 Å². The summed E-state index contributed by atoms with van der Waals surface area (Å²) in [6.07, 6.45) is 3.08. The third kappa shape index (κ3) is 2.92. The van der Waals surface area contributed by atoms with Crippen molar-refractivity contribution < 1.29 is 18.0 Å². The van der Waals surface area contributed by atoms with Crippen molar-refractivity contribution in [2.75, 3.05) is 0 Å². The summed E-state index contributed by atoms with van der Waals surface area (Å²) in [5.41, 5.74) is 2.25. The smallest absolute Gasteiger partial charge is 0.256 e. The number of pyridine rings is 1. The maximum Gasteiger partial charge on any atom is 0.256 e. The standard InChI is InChI=1S/C22H15F3N4O/c23-12-29-10-16-14(3-1-5-20(16)27-29)13-7-18(24)17(19(25)8-13)9-28-11-21-15(22(28)30)4-2-6-26-21/h1-8,10H,9,11-12H2. The van der Waals surface area contributed by atoms with E-state index in [4.69, 9.17) is 0 Å². The fraction of sp³-hybridized carbons (Fsp3) is 0.136. The van der Waals surface area contributed by atoms with Crippen LogP contribution in [-0.4, -0.2) is 25.6 Å². The Morgan fingerprint density at radius 1 is 1.03 bits per heavy atom. The van der Waals surface area contributed by atoms with Gasteiger partial charge in [-0.2, -0.15) is 5.10 Å². The van der Waals surface area contributed by atoms with Crippen molar-refractivity contribution in [1.29, 1.82) is 0 Å². The number of halogens is 3. The first-order valence-corrected chi connectivity index (χ1v) is 9.29. The molecule has 0 spiro atoms. The highest BCUT2D eigenvalue weighted by atomic mass is 19.1. The van der Waals surface area contributed by atoms with Crippen LogP contribution in [0.4, 0.5) is 13.2 Å². The summed E-state index contributed by atoms with van der Waals surface area (Å²) >= 11 is 0. The summed E-state index contributed by atoms with van der Waals surface area (Å²) in [5, 5.41) is 4.68. The van der Waals surface area contributed by atoms with Gasteiger partial charge in [0.15, 0.2) is 6.80 Å². The maximum atomic E-state index is 14.9. The van der Waals surface area contributed by atoms with E-state index in [9.17, 15) is 18.0 Å². The molecule has 0 fully saturated rings. The van der Waals surface area contributed by atoms with E-state index in [2.05, 4.69) is 10.1 Å². The number of aromatic nitrogens is 3. The number of rotatable bonds is 4. The molecule has 8 heteroatoms. The van der Waals surface area contributed by atoms with E-state index in [1.54, 1.807) is 36.5 Å². The van der Waals surface area contributed by atoms with Crippen LogP contribution in [0.15, 0.2) is 54.9 Å². The summed E-state index contributed by atoms with van der Waals surface area (Å²) < 4.78 is 43.9. The fourth-order valence-electron chi connectivity index (χ4n) is 3.81. The molecule has 0 saturated carbocycles. The van der Waals surface area contributed by atoms with Gasteiger partial charge in [-0.1, -0.05) is 12.1 Å². The summed E-state index contributed by atoms with van der Waals surface area (Å²) in [7, 11) is 0. The highest BCUT2D eigenvalue weighted by Gasteiger charge is 2.29. The van der Waals surface area contributed by atoms with E-state index in [0.29, 0.717) is 33.3 Å². The van der Waals surface area contributed by atoms with E-state index in [1.165, 1.54) is 23.2 Å². The molecule has 0 N–H and O–H groups in total. The van der Waals surface area contributed by atoms with Gasteiger partial charge in [-0.15, -0.1) is 0 Å². The Labute approximate surface area is 169 Å². The van der Waals surface area contributed by atoms with E-state index >= 15 is 0 Å². The van der Waals surface area contributed by atoms with E-state index < -0.39 is 18.4 Å². The van der Waals surface area contributed by atoms with Gasteiger partial charge in [-0.25, -0.2) is 17.9 Å². The van der Waals surface area contributed by atoms with Crippen LogP contribution in [0.5, 0.6) is 0 Å². The highest BCUT2D eigenvalue weighted by Crippen LogP contribution is 2.32. The zero-order valence-corrected chi connectivity index (χ0v) is 15.6. The maximum absolute atomic E-state index is 14.9. The Morgan fingerprint density at radius 3 is 2.53 bits per heavy atom. The Kier molecular flexibility index (Phi) is 4.27. The van der Waals surface area contributed by atoms with Crippen LogP contribution in [0.1, 0.15) is 21.6 Å². The zero-order valence-electron chi connectivity index (χ0n) is 15.6. The van der Waals surface area contributed by atoms with Crippen molar-refractivity contribution in [1.82, 2.24) is 19.7 Å². The molecule has 0 bridgehead atoms. The molecule has 0 radical (unpaired) electrons. The van der Waals surface area contributed by atoms with Gasteiger partial charge in [0.2, 0.25) is 0 Å². The van der Waals surface area contributed by atoms with Crippen molar-refractivity contribution in [2.45, 2.75) is 19.9 Å². The van der Waals surface area contributed by atoms with Crippen LogP contribution in [0.25, 0.3) is 22.0 Å². The molecular formula is C22H15F3N4O. The van der Waals surface area contributed by atoms with Crippen molar-refractivity contribution in [3.05, 3.63) is 83.3 Å². The first-order chi connectivity index (χ1) is 14.5. The molecule has 0 unspecified atom stereocenters. The van der Waals surface area contributed by atoms with Crippen molar-refractivity contribution >= 4 is 16.8 Å². The zero-order chi connectivity index (χ0) is 20.8. The number of amides is 1. The molecule has 3 heterocycles. The molecular weight excluding hydrogens is 393 g/mol. The van der Waals surface area contributed by atoms with Gasteiger partial charge in [0.25, 0.3) is 5.91 Å². The van der Waals surface area contributed by atoms with Crippen molar-refractivity contribution in [3.63, 3.8) is 0 Å². The van der Waals surface area contributed by atoms with E-state index in [0.717, 1.165) is 4.68 Å². The lowest BCUT2D eigenvalue weighted by atomic mass is 9.99. The van der Waals surface area contributed by atoms with Crippen molar-refractivity contribution in [2.24, 2.45) is 0 Å². The minimum absolute atomic E-state index is 0.188. The third-order valence-electron chi connectivity index (χ3n) is 5.27. The Balaban J connectivity index is 1.50. The molecule has 150 valence electrons. The van der Waals surface area contributed by atoms with Crippen LogP contribution >= 0.6 is 0 Å². The molecule has 0 saturated heterocycles. The molecule has 5 rings (SSSR count).